The van der Waals surface area contributed by atoms with Crippen LogP contribution in [0.2, 0.25) is 0 Å². The zero-order valence-electron chi connectivity index (χ0n) is 9.30. The Morgan fingerprint density at radius 2 is 1.84 bits per heavy atom. The van der Waals surface area contributed by atoms with Crippen LogP contribution < -0.4 is 5.30 Å². The van der Waals surface area contributed by atoms with Crippen LogP contribution in [0.25, 0.3) is 11.1 Å². The van der Waals surface area contributed by atoms with Crippen LogP contribution in [0, 0.1) is 5.82 Å². The minimum absolute atomic E-state index is 0.0815. The number of aromatic nitrogens is 1. The molecule has 0 amide bonds. The first kappa shape index (κ1) is 14.4. The molecule has 0 saturated heterocycles. The number of nitrogens with zero attached hydrogens (tertiary/aromatic N) is 1. The fourth-order valence-corrected chi connectivity index (χ4v) is 2.74. The predicted octanol–water partition coefficient (Wildman–Crippen LogP) is 4.17. The molecule has 1 unspecified atom stereocenters. The topological polar surface area (TPSA) is 12.9 Å². The van der Waals surface area contributed by atoms with Crippen molar-refractivity contribution in [1.82, 2.24) is 4.98 Å². The maximum Gasteiger partial charge on any atom is 0.417 e. The average molecular weight is 352 g/mol. The summed E-state index contributed by atoms with van der Waals surface area (Å²) < 4.78 is 52.0. The lowest BCUT2D eigenvalue weighted by Crippen LogP contribution is -2.08. The Labute approximate surface area is 117 Å². The molecular weight excluding hydrogens is 345 g/mol. The Balaban J connectivity index is 2.71. The van der Waals surface area contributed by atoms with Gasteiger partial charge in [-0.25, -0.2) is 4.39 Å². The Morgan fingerprint density at radius 3 is 2.42 bits per heavy atom. The van der Waals surface area contributed by atoms with Gasteiger partial charge in [0.1, 0.15) is 5.82 Å². The number of halogens is 5. The lowest BCUT2D eigenvalue weighted by Gasteiger charge is -2.14. The third kappa shape index (κ3) is 2.79. The number of alkyl halides is 3. The molecule has 100 valence electrons. The van der Waals surface area contributed by atoms with Crippen molar-refractivity contribution >= 4 is 30.5 Å². The summed E-state index contributed by atoms with van der Waals surface area (Å²) in [5.41, 5.74) is -0.622. The summed E-state index contributed by atoms with van der Waals surface area (Å²) in [6, 6.07) is 3.60. The van der Waals surface area contributed by atoms with Gasteiger partial charge in [-0.15, -0.1) is 9.24 Å². The van der Waals surface area contributed by atoms with E-state index in [1.54, 1.807) is 0 Å². The molecule has 1 nitrogen and oxygen atoms in total. The maximum atomic E-state index is 13.8. The SMILES string of the molecule is Fc1cncc(P)c1-c1cccc(C(F)(F)F)c1Br. The maximum absolute atomic E-state index is 13.8. The van der Waals surface area contributed by atoms with E-state index in [2.05, 4.69) is 30.2 Å². The molecule has 19 heavy (non-hydrogen) atoms. The molecule has 0 saturated carbocycles. The van der Waals surface area contributed by atoms with Gasteiger partial charge in [-0.3, -0.25) is 4.98 Å². The monoisotopic (exact) mass is 351 g/mol. The first-order valence-corrected chi connectivity index (χ1v) is 6.44. The molecule has 0 aliphatic heterocycles. The second-order valence-corrected chi connectivity index (χ2v) is 5.17. The standard InChI is InChI=1S/C12H7BrF4NP/c13-11-6(2-1-3-7(11)12(15,16)17)10-8(14)4-18-5-9(10)19/h1-5H,19H2. The van der Waals surface area contributed by atoms with Gasteiger partial charge in [0.2, 0.25) is 0 Å². The molecule has 7 heteroatoms. The number of benzene rings is 1. The Hall–Kier alpha value is -1.00. The Morgan fingerprint density at radius 1 is 1.16 bits per heavy atom. The minimum Gasteiger partial charge on any atom is -0.261 e. The summed E-state index contributed by atoms with van der Waals surface area (Å²) in [5, 5.41) is 0.389. The van der Waals surface area contributed by atoms with E-state index in [0.29, 0.717) is 5.30 Å². The van der Waals surface area contributed by atoms with E-state index in [1.165, 1.54) is 18.3 Å². The molecule has 0 bridgehead atoms. The Kier molecular flexibility index (Phi) is 3.92. The number of pyridine rings is 1. The molecule has 1 atom stereocenters. The van der Waals surface area contributed by atoms with E-state index in [1.807, 2.05) is 0 Å². The fourth-order valence-electron chi connectivity index (χ4n) is 1.68. The highest BCUT2D eigenvalue weighted by Crippen LogP contribution is 2.40. The zero-order valence-corrected chi connectivity index (χ0v) is 12.0. The Bertz CT molecular complexity index is 607. The van der Waals surface area contributed by atoms with Crippen molar-refractivity contribution in [3.05, 3.63) is 46.4 Å². The van der Waals surface area contributed by atoms with E-state index in [0.717, 1.165) is 12.3 Å². The summed E-state index contributed by atoms with van der Waals surface area (Å²) in [6.07, 6.45) is -2.16. The molecule has 0 aliphatic carbocycles. The zero-order chi connectivity index (χ0) is 14.2. The summed E-state index contributed by atoms with van der Waals surface area (Å²) in [6.45, 7) is 0. The quantitative estimate of drug-likeness (QED) is 0.555. The third-order valence-electron chi connectivity index (χ3n) is 2.50. The van der Waals surface area contributed by atoms with Crippen LogP contribution in [-0.2, 0) is 6.18 Å². The van der Waals surface area contributed by atoms with Crippen molar-refractivity contribution in [2.24, 2.45) is 0 Å². The lowest BCUT2D eigenvalue weighted by atomic mass is 10.0. The van der Waals surface area contributed by atoms with Crippen LogP contribution in [-0.4, -0.2) is 4.98 Å². The van der Waals surface area contributed by atoms with Gasteiger partial charge in [0.05, 0.1) is 11.8 Å². The minimum atomic E-state index is -4.50. The highest BCUT2D eigenvalue weighted by Gasteiger charge is 2.34. The van der Waals surface area contributed by atoms with Gasteiger partial charge >= 0.3 is 6.18 Å². The second kappa shape index (κ2) is 5.17. The highest BCUT2D eigenvalue weighted by atomic mass is 79.9. The van der Waals surface area contributed by atoms with Crippen molar-refractivity contribution in [2.45, 2.75) is 6.18 Å². The van der Waals surface area contributed by atoms with Crippen molar-refractivity contribution in [2.75, 3.05) is 0 Å². The van der Waals surface area contributed by atoms with Gasteiger partial charge in [0.15, 0.2) is 0 Å². The van der Waals surface area contributed by atoms with Crippen LogP contribution in [0.3, 0.4) is 0 Å². The molecule has 2 aromatic rings. The first-order chi connectivity index (χ1) is 8.82. The average Bonchev–Trinajstić information content (AvgIpc) is 2.29. The normalized spacial score (nSPS) is 11.7. The number of hydrogen-bond acceptors (Lipinski definition) is 1. The third-order valence-corrected chi connectivity index (χ3v) is 3.79. The van der Waals surface area contributed by atoms with Crippen molar-refractivity contribution in [3.8, 4) is 11.1 Å². The van der Waals surface area contributed by atoms with E-state index in [9.17, 15) is 17.6 Å². The van der Waals surface area contributed by atoms with E-state index in [4.69, 9.17) is 0 Å². The van der Waals surface area contributed by atoms with Crippen molar-refractivity contribution < 1.29 is 17.6 Å². The summed E-state index contributed by atoms with van der Waals surface area (Å²) in [4.78, 5) is 3.64. The summed E-state index contributed by atoms with van der Waals surface area (Å²) in [7, 11) is 2.26. The molecule has 0 fully saturated rings. The van der Waals surface area contributed by atoms with Crippen molar-refractivity contribution in [1.29, 1.82) is 0 Å². The van der Waals surface area contributed by atoms with Gasteiger partial charge in [-0.05, 0) is 27.3 Å². The van der Waals surface area contributed by atoms with E-state index >= 15 is 0 Å². The molecule has 0 spiro atoms. The van der Waals surface area contributed by atoms with Gasteiger partial charge in [-0.1, -0.05) is 12.1 Å². The fraction of sp³-hybridized carbons (Fsp3) is 0.0833. The van der Waals surface area contributed by atoms with Crippen LogP contribution in [0.4, 0.5) is 17.6 Å². The predicted molar refractivity (Wildman–Crippen MR) is 71.7 cm³/mol. The van der Waals surface area contributed by atoms with E-state index in [-0.39, 0.29) is 15.6 Å². The van der Waals surface area contributed by atoms with Crippen LogP contribution >= 0.6 is 25.2 Å². The number of rotatable bonds is 1. The smallest absolute Gasteiger partial charge is 0.261 e. The first-order valence-electron chi connectivity index (χ1n) is 5.07. The lowest BCUT2D eigenvalue weighted by molar-refractivity contribution is -0.138. The van der Waals surface area contributed by atoms with Gasteiger partial charge in [-0.2, -0.15) is 13.2 Å². The largest absolute Gasteiger partial charge is 0.417 e. The molecule has 1 aromatic carbocycles. The van der Waals surface area contributed by atoms with Gasteiger partial charge < -0.3 is 0 Å². The summed E-state index contributed by atoms with van der Waals surface area (Å²) >= 11 is 2.91. The molecule has 0 radical (unpaired) electrons. The molecule has 1 heterocycles. The summed E-state index contributed by atoms with van der Waals surface area (Å²) in [5.74, 6) is -0.674. The molecule has 1 aromatic heterocycles. The molecule has 2 rings (SSSR count). The van der Waals surface area contributed by atoms with Gasteiger partial charge in [0.25, 0.3) is 0 Å². The second-order valence-electron chi connectivity index (χ2n) is 3.75. The highest BCUT2D eigenvalue weighted by molar-refractivity contribution is 9.10. The molecular formula is C12H7BrF4NP. The van der Waals surface area contributed by atoms with Crippen molar-refractivity contribution in [3.63, 3.8) is 0 Å². The van der Waals surface area contributed by atoms with E-state index < -0.39 is 17.6 Å². The number of hydrogen-bond donors (Lipinski definition) is 0. The molecule has 0 aliphatic rings. The van der Waals surface area contributed by atoms with Crippen LogP contribution in [0.15, 0.2) is 35.1 Å². The molecule has 0 N–H and O–H groups in total. The van der Waals surface area contributed by atoms with Gasteiger partial charge in [0, 0.05) is 21.8 Å². The van der Waals surface area contributed by atoms with Crippen LogP contribution in [0.1, 0.15) is 5.56 Å². The van der Waals surface area contributed by atoms with Crippen LogP contribution in [0.5, 0.6) is 0 Å².